The van der Waals surface area contributed by atoms with Gasteiger partial charge in [-0.1, -0.05) is 33.1 Å². The van der Waals surface area contributed by atoms with E-state index in [1.807, 2.05) is 25.0 Å². The van der Waals surface area contributed by atoms with Gasteiger partial charge in [0.2, 0.25) is 0 Å². The van der Waals surface area contributed by atoms with Crippen LogP contribution in [0, 0.1) is 5.92 Å². The van der Waals surface area contributed by atoms with Crippen LogP contribution in [0.15, 0.2) is 17.4 Å². The van der Waals surface area contributed by atoms with Crippen molar-refractivity contribution in [2.24, 2.45) is 18.0 Å². The van der Waals surface area contributed by atoms with Crippen LogP contribution < -0.4 is 10.6 Å². The maximum atomic E-state index is 4.39. The Hall–Kier alpha value is -0.830. The van der Waals surface area contributed by atoms with E-state index < -0.39 is 0 Å². The number of nitrogens with one attached hydrogen (secondary N) is 2. The average molecular weight is 478 g/mol. The third kappa shape index (κ3) is 9.21. The van der Waals surface area contributed by atoms with Gasteiger partial charge in [-0.3, -0.25) is 9.67 Å². The highest BCUT2D eigenvalue weighted by Crippen LogP contribution is 2.16. The highest BCUT2D eigenvalue weighted by Gasteiger charge is 2.16. The van der Waals surface area contributed by atoms with Gasteiger partial charge in [0.15, 0.2) is 5.96 Å². The lowest BCUT2D eigenvalue weighted by Gasteiger charge is -2.25. The van der Waals surface area contributed by atoms with Gasteiger partial charge in [0, 0.05) is 38.9 Å². The molecule has 26 heavy (non-hydrogen) atoms. The van der Waals surface area contributed by atoms with Gasteiger partial charge < -0.3 is 15.5 Å². The van der Waals surface area contributed by atoms with E-state index in [0.717, 1.165) is 25.0 Å². The summed E-state index contributed by atoms with van der Waals surface area (Å²) in [6, 6.07) is 0.263. The highest BCUT2D eigenvalue weighted by molar-refractivity contribution is 14.0. The number of hydrogen-bond donors (Lipinski definition) is 2. The van der Waals surface area contributed by atoms with Crippen LogP contribution >= 0.6 is 24.0 Å². The predicted molar refractivity (Wildman–Crippen MR) is 122 cm³/mol. The maximum absolute atomic E-state index is 4.39. The number of aliphatic imine (C=N–C) groups is 1. The molecule has 2 atom stereocenters. The van der Waals surface area contributed by atoms with Gasteiger partial charge in [-0.05, 0) is 32.9 Å². The van der Waals surface area contributed by atoms with Gasteiger partial charge in [-0.15, -0.1) is 24.0 Å². The van der Waals surface area contributed by atoms with Crippen molar-refractivity contribution < 1.29 is 0 Å². The Morgan fingerprint density at radius 1 is 1.19 bits per heavy atom. The topological polar surface area (TPSA) is 57.5 Å². The van der Waals surface area contributed by atoms with Crippen molar-refractivity contribution in [3.63, 3.8) is 0 Å². The standard InChI is InChI=1S/C19H38N6.HI/c1-7-9-11-16(10-8-2)12-21-19(20-3)22-14-18(24(4)5)17-13-23-25(6)15-17;/h13,15-16,18H,7-12,14H2,1-6H3,(H2,20,21,22);1H. The molecule has 0 bridgehead atoms. The molecule has 0 amide bonds. The Labute approximate surface area is 177 Å². The van der Waals surface area contributed by atoms with E-state index in [2.05, 4.69) is 59.8 Å². The first-order valence-corrected chi connectivity index (χ1v) is 9.61. The Morgan fingerprint density at radius 3 is 2.38 bits per heavy atom. The van der Waals surface area contributed by atoms with Gasteiger partial charge in [0.25, 0.3) is 0 Å². The molecule has 2 unspecified atom stereocenters. The zero-order valence-corrected chi connectivity index (χ0v) is 19.8. The molecule has 1 aromatic heterocycles. The van der Waals surface area contributed by atoms with Crippen LogP contribution in [0.2, 0.25) is 0 Å². The van der Waals surface area contributed by atoms with E-state index in [1.165, 1.54) is 37.7 Å². The molecule has 1 rings (SSSR count). The maximum Gasteiger partial charge on any atom is 0.191 e. The zero-order chi connectivity index (χ0) is 18.7. The van der Waals surface area contributed by atoms with E-state index >= 15 is 0 Å². The minimum absolute atomic E-state index is 0. The first-order chi connectivity index (χ1) is 12.0. The van der Waals surface area contributed by atoms with Crippen LogP contribution in [0.5, 0.6) is 0 Å². The Balaban J connectivity index is 0.00000625. The summed E-state index contributed by atoms with van der Waals surface area (Å²) >= 11 is 0. The quantitative estimate of drug-likeness (QED) is 0.291. The van der Waals surface area contributed by atoms with Crippen molar-refractivity contribution in [3.05, 3.63) is 18.0 Å². The van der Waals surface area contributed by atoms with Crippen molar-refractivity contribution in [1.82, 2.24) is 25.3 Å². The largest absolute Gasteiger partial charge is 0.356 e. The molecule has 1 aromatic rings. The molecule has 6 nitrogen and oxygen atoms in total. The summed E-state index contributed by atoms with van der Waals surface area (Å²) in [7, 11) is 7.98. The summed E-state index contributed by atoms with van der Waals surface area (Å²) < 4.78 is 1.85. The molecule has 0 fully saturated rings. The van der Waals surface area contributed by atoms with E-state index in [1.54, 1.807) is 0 Å². The molecular weight excluding hydrogens is 439 g/mol. The van der Waals surface area contributed by atoms with Crippen LogP contribution in [0.3, 0.4) is 0 Å². The van der Waals surface area contributed by atoms with E-state index in [4.69, 9.17) is 0 Å². The molecule has 0 saturated heterocycles. The molecule has 7 heteroatoms. The second-order valence-corrected chi connectivity index (χ2v) is 7.06. The minimum Gasteiger partial charge on any atom is -0.356 e. The third-order valence-corrected chi connectivity index (χ3v) is 4.64. The van der Waals surface area contributed by atoms with Crippen LogP contribution in [0.25, 0.3) is 0 Å². The van der Waals surface area contributed by atoms with Crippen LogP contribution in [-0.4, -0.2) is 54.9 Å². The second kappa shape index (κ2) is 14.3. The van der Waals surface area contributed by atoms with Crippen molar-refractivity contribution in [2.45, 2.75) is 52.0 Å². The molecule has 0 aliphatic heterocycles. The molecule has 152 valence electrons. The summed E-state index contributed by atoms with van der Waals surface area (Å²) in [5.41, 5.74) is 1.21. The molecule has 0 spiro atoms. The Kier molecular flexibility index (Phi) is 13.8. The van der Waals surface area contributed by atoms with Crippen molar-refractivity contribution in [1.29, 1.82) is 0 Å². The Bertz CT molecular complexity index is 500. The predicted octanol–water partition coefficient (Wildman–Crippen LogP) is 3.41. The summed E-state index contributed by atoms with van der Waals surface area (Å²) in [6.45, 7) is 6.32. The smallest absolute Gasteiger partial charge is 0.191 e. The third-order valence-electron chi connectivity index (χ3n) is 4.64. The normalized spacial score (nSPS) is 14.0. The average Bonchev–Trinajstić information content (AvgIpc) is 3.01. The molecule has 0 radical (unpaired) electrons. The molecular formula is C19H39IN6. The molecule has 0 aliphatic carbocycles. The molecule has 0 saturated carbocycles. The van der Waals surface area contributed by atoms with E-state index in [-0.39, 0.29) is 30.0 Å². The highest BCUT2D eigenvalue weighted by atomic mass is 127. The van der Waals surface area contributed by atoms with Gasteiger partial charge >= 0.3 is 0 Å². The lowest BCUT2D eigenvalue weighted by molar-refractivity contribution is 0.297. The van der Waals surface area contributed by atoms with Crippen molar-refractivity contribution in [3.8, 4) is 0 Å². The fourth-order valence-corrected chi connectivity index (χ4v) is 3.12. The SMILES string of the molecule is CCCCC(CCC)CNC(=NC)NCC(c1cnn(C)c1)N(C)C.I. The number of aromatic nitrogens is 2. The summed E-state index contributed by atoms with van der Waals surface area (Å²) in [6.07, 6.45) is 10.4. The van der Waals surface area contributed by atoms with Crippen molar-refractivity contribution >= 4 is 29.9 Å². The minimum atomic E-state index is 0. The molecule has 1 heterocycles. The number of guanidine groups is 1. The summed E-state index contributed by atoms with van der Waals surface area (Å²) in [5.74, 6) is 1.61. The van der Waals surface area contributed by atoms with E-state index in [0.29, 0.717) is 0 Å². The van der Waals surface area contributed by atoms with Gasteiger partial charge in [0.1, 0.15) is 0 Å². The van der Waals surface area contributed by atoms with Crippen LogP contribution in [-0.2, 0) is 7.05 Å². The van der Waals surface area contributed by atoms with Gasteiger partial charge in [-0.2, -0.15) is 5.10 Å². The zero-order valence-electron chi connectivity index (χ0n) is 17.5. The van der Waals surface area contributed by atoms with Crippen molar-refractivity contribution in [2.75, 3.05) is 34.2 Å². The van der Waals surface area contributed by atoms with Crippen LogP contribution in [0.4, 0.5) is 0 Å². The number of hydrogen-bond acceptors (Lipinski definition) is 3. The number of aryl methyl sites for hydroxylation is 1. The molecule has 0 aliphatic rings. The number of halogens is 1. The Morgan fingerprint density at radius 2 is 1.88 bits per heavy atom. The fraction of sp³-hybridized carbons (Fsp3) is 0.789. The van der Waals surface area contributed by atoms with Crippen LogP contribution in [0.1, 0.15) is 57.6 Å². The first-order valence-electron chi connectivity index (χ1n) is 9.61. The lowest BCUT2D eigenvalue weighted by atomic mass is 9.97. The van der Waals surface area contributed by atoms with E-state index in [9.17, 15) is 0 Å². The fourth-order valence-electron chi connectivity index (χ4n) is 3.12. The molecule has 0 aromatic carbocycles. The summed E-state index contributed by atoms with van der Waals surface area (Å²) in [5, 5.41) is 11.3. The first kappa shape index (κ1) is 25.2. The number of likely N-dealkylation sites (N-methyl/N-ethyl adjacent to an activating group) is 1. The summed E-state index contributed by atoms with van der Waals surface area (Å²) in [4.78, 5) is 6.59. The number of unbranched alkanes of at least 4 members (excludes halogenated alkanes) is 1. The molecule has 2 N–H and O–H groups in total. The second-order valence-electron chi connectivity index (χ2n) is 7.06. The van der Waals surface area contributed by atoms with Gasteiger partial charge in [0.05, 0.1) is 12.2 Å². The number of rotatable bonds is 11. The number of nitrogens with zero attached hydrogens (tertiary/aromatic N) is 4. The lowest BCUT2D eigenvalue weighted by Crippen LogP contribution is -2.43. The van der Waals surface area contributed by atoms with Gasteiger partial charge in [-0.25, -0.2) is 0 Å². The monoisotopic (exact) mass is 478 g/mol.